The molecule has 0 spiro atoms. The monoisotopic (exact) mass is 266 g/mol. The average molecular weight is 266 g/mol. The van der Waals surface area contributed by atoms with Crippen LogP contribution in [0.5, 0.6) is 0 Å². The topological polar surface area (TPSA) is 29.3 Å². The third-order valence-electron chi connectivity index (χ3n) is 3.03. The SMILES string of the molecule is CCSCCCN(Cc1ccc(N)cc1)C(C)C. The van der Waals surface area contributed by atoms with Crippen molar-refractivity contribution in [3.05, 3.63) is 29.8 Å². The number of benzene rings is 1. The fraction of sp³-hybridized carbons (Fsp3) is 0.600. The Bertz CT molecular complexity index is 322. The van der Waals surface area contributed by atoms with Crippen LogP contribution in [0, 0.1) is 0 Å². The lowest BCUT2D eigenvalue weighted by molar-refractivity contribution is 0.214. The van der Waals surface area contributed by atoms with Crippen molar-refractivity contribution in [1.82, 2.24) is 4.90 Å². The summed E-state index contributed by atoms with van der Waals surface area (Å²) in [6.45, 7) is 8.96. The molecule has 2 N–H and O–H groups in total. The van der Waals surface area contributed by atoms with Crippen LogP contribution in [0.2, 0.25) is 0 Å². The van der Waals surface area contributed by atoms with Crippen molar-refractivity contribution in [3.63, 3.8) is 0 Å². The second-order valence-electron chi connectivity index (χ2n) is 4.86. The summed E-state index contributed by atoms with van der Waals surface area (Å²) in [6.07, 6.45) is 1.27. The zero-order valence-electron chi connectivity index (χ0n) is 11.9. The van der Waals surface area contributed by atoms with Crippen molar-refractivity contribution in [2.24, 2.45) is 0 Å². The maximum absolute atomic E-state index is 5.71. The second kappa shape index (κ2) is 8.44. The Morgan fingerprint density at radius 3 is 2.44 bits per heavy atom. The minimum atomic E-state index is 0.592. The van der Waals surface area contributed by atoms with Crippen LogP contribution in [-0.2, 0) is 6.54 Å². The van der Waals surface area contributed by atoms with E-state index < -0.39 is 0 Å². The Kier molecular flexibility index (Phi) is 7.21. The zero-order chi connectivity index (χ0) is 13.4. The highest BCUT2D eigenvalue weighted by Crippen LogP contribution is 2.12. The van der Waals surface area contributed by atoms with Gasteiger partial charge in [0.05, 0.1) is 0 Å². The molecule has 1 rings (SSSR count). The third kappa shape index (κ3) is 5.78. The van der Waals surface area contributed by atoms with Gasteiger partial charge >= 0.3 is 0 Å². The summed E-state index contributed by atoms with van der Waals surface area (Å²) >= 11 is 2.03. The molecule has 18 heavy (non-hydrogen) atoms. The molecule has 1 aromatic carbocycles. The van der Waals surface area contributed by atoms with E-state index in [-0.39, 0.29) is 0 Å². The summed E-state index contributed by atoms with van der Waals surface area (Å²) in [7, 11) is 0. The van der Waals surface area contributed by atoms with Crippen LogP contribution in [0.25, 0.3) is 0 Å². The molecule has 0 heterocycles. The van der Waals surface area contributed by atoms with Crippen molar-refractivity contribution in [3.8, 4) is 0 Å². The standard InChI is InChI=1S/C15H26N2S/c1-4-18-11-5-10-17(13(2)3)12-14-6-8-15(16)9-7-14/h6-9,13H,4-5,10-12,16H2,1-3H3. The van der Waals surface area contributed by atoms with Crippen LogP contribution in [-0.4, -0.2) is 29.0 Å². The maximum Gasteiger partial charge on any atom is 0.0314 e. The van der Waals surface area contributed by atoms with Gasteiger partial charge in [0.25, 0.3) is 0 Å². The van der Waals surface area contributed by atoms with Gasteiger partial charge in [0.2, 0.25) is 0 Å². The smallest absolute Gasteiger partial charge is 0.0314 e. The van der Waals surface area contributed by atoms with Crippen LogP contribution < -0.4 is 5.73 Å². The van der Waals surface area contributed by atoms with Crippen LogP contribution in [0.15, 0.2) is 24.3 Å². The Morgan fingerprint density at radius 1 is 1.22 bits per heavy atom. The van der Waals surface area contributed by atoms with Gasteiger partial charge < -0.3 is 5.73 Å². The molecule has 0 radical (unpaired) electrons. The Morgan fingerprint density at radius 2 is 1.89 bits per heavy atom. The Labute approximate surface area is 116 Å². The third-order valence-corrected chi connectivity index (χ3v) is 4.02. The lowest BCUT2D eigenvalue weighted by Gasteiger charge is -2.26. The number of nitrogens with zero attached hydrogens (tertiary/aromatic N) is 1. The van der Waals surface area contributed by atoms with Gasteiger partial charge in [0.1, 0.15) is 0 Å². The van der Waals surface area contributed by atoms with E-state index in [0.29, 0.717) is 6.04 Å². The van der Waals surface area contributed by atoms with Gasteiger partial charge in [-0.25, -0.2) is 0 Å². The van der Waals surface area contributed by atoms with Crippen molar-refractivity contribution in [2.75, 3.05) is 23.8 Å². The predicted octanol–water partition coefficient (Wildman–Crippen LogP) is 3.62. The molecule has 0 atom stereocenters. The molecular weight excluding hydrogens is 240 g/mol. The van der Waals surface area contributed by atoms with Crippen LogP contribution >= 0.6 is 11.8 Å². The summed E-state index contributed by atoms with van der Waals surface area (Å²) in [6, 6.07) is 8.83. The highest BCUT2D eigenvalue weighted by molar-refractivity contribution is 7.99. The van der Waals surface area contributed by atoms with Crippen LogP contribution in [0.1, 0.15) is 32.8 Å². The highest BCUT2D eigenvalue weighted by atomic mass is 32.2. The minimum absolute atomic E-state index is 0.592. The van der Waals surface area contributed by atoms with Crippen molar-refractivity contribution < 1.29 is 0 Å². The fourth-order valence-electron chi connectivity index (χ4n) is 1.89. The first-order valence-electron chi connectivity index (χ1n) is 6.79. The maximum atomic E-state index is 5.71. The highest BCUT2D eigenvalue weighted by Gasteiger charge is 2.09. The van der Waals surface area contributed by atoms with Crippen molar-refractivity contribution >= 4 is 17.4 Å². The number of nitrogens with two attached hydrogens (primary N) is 1. The lowest BCUT2D eigenvalue weighted by Crippen LogP contribution is -2.31. The molecule has 1 aromatic rings. The Balaban J connectivity index is 2.44. The molecule has 0 fully saturated rings. The summed E-state index contributed by atoms with van der Waals surface area (Å²) in [5.41, 5.74) is 7.90. The average Bonchev–Trinajstić information content (AvgIpc) is 2.35. The van der Waals surface area contributed by atoms with Gasteiger partial charge in [-0.2, -0.15) is 11.8 Å². The van der Waals surface area contributed by atoms with Gasteiger partial charge in [-0.1, -0.05) is 19.1 Å². The number of thioether (sulfide) groups is 1. The summed E-state index contributed by atoms with van der Waals surface area (Å²) in [4.78, 5) is 2.53. The fourth-order valence-corrected chi connectivity index (χ4v) is 2.51. The largest absolute Gasteiger partial charge is 0.399 e. The number of anilines is 1. The molecule has 3 heteroatoms. The first-order chi connectivity index (χ1) is 8.63. The molecule has 0 aliphatic carbocycles. The van der Waals surface area contributed by atoms with E-state index >= 15 is 0 Å². The van der Waals surface area contributed by atoms with E-state index in [4.69, 9.17) is 5.73 Å². The zero-order valence-corrected chi connectivity index (χ0v) is 12.7. The predicted molar refractivity (Wildman–Crippen MR) is 84.0 cm³/mol. The van der Waals surface area contributed by atoms with Gasteiger partial charge in [0, 0.05) is 18.3 Å². The van der Waals surface area contributed by atoms with Crippen molar-refractivity contribution in [1.29, 1.82) is 0 Å². The molecule has 0 aromatic heterocycles. The normalized spacial score (nSPS) is 11.4. The number of hydrogen-bond donors (Lipinski definition) is 1. The van der Waals surface area contributed by atoms with E-state index in [1.54, 1.807) is 0 Å². The van der Waals surface area contributed by atoms with Crippen LogP contribution in [0.4, 0.5) is 5.69 Å². The van der Waals surface area contributed by atoms with E-state index in [1.807, 2.05) is 23.9 Å². The molecule has 0 saturated carbocycles. The minimum Gasteiger partial charge on any atom is -0.399 e. The molecule has 0 bridgehead atoms. The first-order valence-corrected chi connectivity index (χ1v) is 7.95. The Hall–Kier alpha value is -0.670. The molecule has 0 unspecified atom stereocenters. The van der Waals surface area contributed by atoms with E-state index in [9.17, 15) is 0 Å². The van der Waals surface area contributed by atoms with Gasteiger partial charge in [-0.05, 0) is 56.0 Å². The quantitative estimate of drug-likeness (QED) is 0.575. The number of hydrogen-bond acceptors (Lipinski definition) is 3. The van der Waals surface area contributed by atoms with Crippen LogP contribution in [0.3, 0.4) is 0 Å². The van der Waals surface area contributed by atoms with E-state index in [0.717, 1.165) is 12.2 Å². The lowest BCUT2D eigenvalue weighted by atomic mass is 10.1. The summed E-state index contributed by atoms with van der Waals surface area (Å²) in [5, 5.41) is 0. The number of rotatable bonds is 8. The molecule has 0 aliphatic rings. The second-order valence-corrected chi connectivity index (χ2v) is 6.25. The molecule has 0 aliphatic heterocycles. The number of nitrogen functional groups attached to an aromatic ring is 1. The van der Waals surface area contributed by atoms with Gasteiger partial charge in [-0.3, -0.25) is 4.90 Å². The van der Waals surface area contributed by atoms with Gasteiger partial charge in [0.15, 0.2) is 0 Å². The summed E-state index contributed by atoms with van der Waals surface area (Å²) < 4.78 is 0. The van der Waals surface area contributed by atoms with E-state index in [1.165, 1.54) is 30.0 Å². The summed E-state index contributed by atoms with van der Waals surface area (Å²) in [5.74, 6) is 2.49. The molecule has 0 saturated heterocycles. The molecule has 2 nitrogen and oxygen atoms in total. The van der Waals surface area contributed by atoms with E-state index in [2.05, 4.69) is 37.8 Å². The van der Waals surface area contributed by atoms with Gasteiger partial charge in [-0.15, -0.1) is 0 Å². The first kappa shape index (κ1) is 15.4. The van der Waals surface area contributed by atoms with Crippen molar-refractivity contribution in [2.45, 2.75) is 39.8 Å². The molecule has 102 valence electrons. The molecule has 0 amide bonds. The molecular formula is C15H26N2S.